The Morgan fingerprint density at radius 2 is 2.00 bits per heavy atom. The molecule has 3 N–H and O–H groups in total. The van der Waals surface area contributed by atoms with Gasteiger partial charge < -0.3 is 20.1 Å². The lowest BCUT2D eigenvalue weighted by molar-refractivity contribution is -0.0248. The maximum atomic E-state index is 6.55. The molecule has 2 spiro atoms. The van der Waals surface area contributed by atoms with E-state index in [1.165, 1.54) is 24.8 Å². The highest BCUT2D eigenvalue weighted by Crippen LogP contribution is 2.46. The van der Waals surface area contributed by atoms with E-state index >= 15 is 0 Å². The molecule has 1 aliphatic carbocycles. The van der Waals surface area contributed by atoms with E-state index in [0.717, 1.165) is 85.0 Å². The molecule has 4 aromatic rings. The van der Waals surface area contributed by atoms with Crippen molar-refractivity contribution >= 4 is 22.6 Å². The first-order chi connectivity index (χ1) is 18.0. The van der Waals surface area contributed by atoms with E-state index in [2.05, 4.69) is 39.5 Å². The molecular formula is C28H33N7O2. The van der Waals surface area contributed by atoms with Gasteiger partial charge in [0.1, 0.15) is 17.0 Å². The lowest BCUT2D eigenvalue weighted by Crippen LogP contribution is -2.51. The van der Waals surface area contributed by atoms with Crippen molar-refractivity contribution in [2.75, 3.05) is 24.6 Å². The van der Waals surface area contributed by atoms with Gasteiger partial charge in [-0.1, -0.05) is 12.1 Å². The number of hydrogen-bond acceptors (Lipinski definition) is 7. The van der Waals surface area contributed by atoms with Crippen LogP contribution in [0.2, 0.25) is 0 Å². The van der Waals surface area contributed by atoms with E-state index in [4.69, 9.17) is 30.3 Å². The zero-order chi connectivity index (χ0) is 24.8. The molecule has 192 valence electrons. The number of imidazole rings is 1. The Hall–Kier alpha value is -3.17. The smallest absolute Gasteiger partial charge is 0.213 e. The summed E-state index contributed by atoms with van der Waals surface area (Å²) in [6.45, 7) is 4.62. The summed E-state index contributed by atoms with van der Waals surface area (Å²) in [4.78, 5) is 12.2. The molecule has 0 bridgehead atoms. The van der Waals surface area contributed by atoms with Gasteiger partial charge in [0.15, 0.2) is 11.3 Å². The third kappa shape index (κ3) is 3.13. The Balaban J connectivity index is 1.15. The minimum absolute atomic E-state index is 0.0612. The van der Waals surface area contributed by atoms with E-state index in [1.807, 2.05) is 12.4 Å². The third-order valence-corrected chi connectivity index (χ3v) is 9.71. The van der Waals surface area contributed by atoms with E-state index in [-0.39, 0.29) is 23.2 Å². The topological polar surface area (TPSA) is 107 Å². The van der Waals surface area contributed by atoms with Gasteiger partial charge in [0.25, 0.3) is 0 Å². The molecule has 1 saturated carbocycles. The van der Waals surface area contributed by atoms with Crippen molar-refractivity contribution in [2.45, 2.75) is 69.6 Å². The summed E-state index contributed by atoms with van der Waals surface area (Å²) < 4.78 is 14.6. The Morgan fingerprint density at radius 3 is 2.76 bits per heavy atom. The highest BCUT2D eigenvalue weighted by molar-refractivity contribution is 6.01. The second-order valence-corrected chi connectivity index (χ2v) is 11.7. The molecule has 3 aliphatic heterocycles. The quantitative estimate of drug-likeness (QED) is 0.431. The summed E-state index contributed by atoms with van der Waals surface area (Å²) in [6, 6.07) is 6.61. The molecule has 3 aromatic heterocycles. The predicted octanol–water partition coefficient (Wildman–Crippen LogP) is 3.85. The number of nitrogens with two attached hydrogens (primary N) is 1. The molecule has 4 aliphatic rings. The fourth-order valence-electron chi connectivity index (χ4n) is 7.06. The molecule has 3 fully saturated rings. The second kappa shape index (κ2) is 7.68. The molecule has 2 atom stereocenters. The lowest BCUT2D eigenvalue weighted by Gasteiger charge is -2.45. The monoisotopic (exact) mass is 499 g/mol. The van der Waals surface area contributed by atoms with Crippen molar-refractivity contribution in [3.05, 3.63) is 36.2 Å². The maximum Gasteiger partial charge on any atom is 0.213 e. The van der Waals surface area contributed by atoms with E-state index in [9.17, 15) is 0 Å². The van der Waals surface area contributed by atoms with Gasteiger partial charge in [-0.05, 0) is 63.5 Å². The number of aromatic nitrogens is 5. The van der Waals surface area contributed by atoms with Crippen LogP contribution >= 0.6 is 0 Å². The van der Waals surface area contributed by atoms with Gasteiger partial charge in [0, 0.05) is 42.5 Å². The molecule has 9 nitrogen and oxygen atoms in total. The average Bonchev–Trinajstić information content (AvgIpc) is 3.62. The Kier molecular flexibility index (Phi) is 4.54. The maximum absolute atomic E-state index is 6.55. The number of H-pyrrole nitrogens is 1. The van der Waals surface area contributed by atoms with Crippen LogP contribution in [0.1, 0.15) is 51.0 Å². The zero-order valence-electron chi connectivity index (χ0n) is 21.2. The van der Waals surface area contributed by atoms with E-state index in [1.54, 1.807) is 0 Å². The number of nitrogens with zero attached hydrogens (tertiary/aromatic N) is 5. The molecule has 0 unspecified atom stereocenters. The van der Waals surface area contributed by atoms with Crippen molar-refractivity contribution in [2.24, 2.45) is 11.1 Å². The van der Waals surface area contributed by atoms with Crippen molar-refractivity contribution < 1.29 is 9.47 Å². The number of rotatable bonds is 2. The Bertz CT molecular complexity index is 1510. The van der Waals surface area contributed by atoms with Gasteiger partial charge in [-0.25, -0.2) is 4.98 Å². The summed E-state index contributed by atoms with van der Waals surface area (Å²) in [5, 5.41) is 8.88. The molecule has 6 heterocycles. The van der Waals surface area contributed by atoms with Crippen LogP contribution in [0.5, 0.6) is 5.75 Å². The first-order valence-electron chi connectivity index (χ1n) is 13.7. The van der Waals surface area contributed by atoms with Crippen LogP contribution in [0.25, 0.3) is 27.9 Å². The van der Waals surface area contributed by atoms with Crippen LogP contribution in [0.3, 0.4) is 0 Å². The number of aromatic amines is 1. The first kappa shape index (κ1) is 21.9. The summed E-state index contributed by atoms with van der Waals surface area (Å²) in [7, 11) is 0. The molecule has 8 rings (SSSR count). The zero-order valence-corrected chi connectivity index (χ0v) is 21.2. The number of hydrogen-bond donors (Lipinski definition) is 2. The summed E-state index contributed by atoms with van der Waals surface area (Å²) in [5.74, 6) is 1.90. The average molecular weight is 500 g/mol. The van der Waals surface area contributed by atoms with E-state index in [0.29, 0.717) is 0 Å². The van der Waals surface area contributed by atoms with Crippen molar-refractivity contribution in [1.29, 1.82) is 0 Å². The second-order valence-electron chi connectivity index (χ2n) is 11.7. The first-order valence-corrected chi connectivity index (χ1v) is 13.7. The minimum Gasteiger partial charge on any atom is -0.487 e. The number of benzene rings is 1. The number of nitrogens with one attached hydrogen (secondary N) is 1. The summed E-state index contributed by atoms with van der Waals surface area (Å²) in [6.07, 6.45) is 11.8. The number of ether oxygens (including phenoxy) is 2. The fraction of sp³-hybridized carbons (Fsp3) is 0.536. The van der Waals surface area contributed by atoms with Gasteiger partial charge in [-0.3, -0.25) is 9.50 Å². The normalized spacial score (nSPS) is 26.1. The Labute approximate surface area is 215 Å². The van der Waals surface area contributed by atoms with Gasteiger partial charge in [-0.2, -0.15) is 10.1 Å². The van der Waals surface area contributed by atoms with Crippen LogP contribution in [0.4, 0.5) is 5.95 Å². The van der Waals surface area contributed by atoms with E-state index < -0.39 is 0 Å². The number of fused-ring (bicyclic) bond motifs is 4. The lowest BCUT2D eigenvalue weighted by atomic mass is 9.73. The molecular weight excluding hydrogens is 466 g/mol. The van der Waals surface area contributed by atoms with Crippen molar-refractivity contribution in [3.8, 4) is 17.0 Å². The number of piperidine rings is 1. The molecule has 37 heavy (non-hydrogen) atoms. The highest BCUT2D eigenvalue weighted by atomic mass is 16.5. The van der Waals surface area contributed by atoms with Crippen LogP contribution in [-0.4, -0.2) is 62.0 Å². The van der Waals surface area contributed by atoms with Gasteiger partial charge >= 0.3 is 0 Å². The Morgan fingerprint density at radius 1 is 1.14 bits per heavy atom. The van der Waals surface area contributed by atoms with Gasteiger partial charge in [0.05, 0.1) is 18.1 Å². The van der Waals surface area contributed by atoms with Crippen LogP contribution in [0, 0.1) is 5.41 Å². The van der Waals surface area contributed by atoms with Gasteiger partial charge in [0.2, 0.25) is 5.95 Å². The van der Waals surface area contributed by atoms with Crippen LogP contribution < -0.4 is 15.4 Å². The SMILES string of the molecule is C[C@@H]1OCC2(CCN(c3nc4[nH]nc(-c5ccc6c(c5)OC5(CCC5)CC6)c4c4nccn34)CC2)[C@@H]1N. The molecule has 0 amide bonds. The fourth-order valence-corrected chi connectivity index (χ4v) is 7.06. The van der Waals surface area contributed by atoms with Crippen LogP contribution in [-0.2, 0) is 11.2 Å². The van der Waals surface area contributed by atoms with Crippen molar-refractivity contribution in [3.63, 3.8) is 0 Å². The highest BCUT2D eigenvalue weighted by Gasteiger charge is 2.48. The predicted molar refractivity (Wildman–Crippen MR) is 141 cm³/mol. The molecule has 9 heteroatoms. The summed E-state index contributed by atoms with van der Waals surface area (Å²) in [5.41, 5.74) is 11.5. The summed E-state index contributed by atoms with van der Waals surface area (Å²) >= 11 is 0. The largest absolute Gasteiger partial charge is 0.487 e. The standard InChI is InChI=1S/C28H33N7O2/c1-17-23(29)27(16-36-17)9-12-34(13-10-27)26-31-24-21(25-30-11-14-35(25)26)22(32-33-24)19-4-3-18-5-8-28(6-2-7-28)37-20(18)15-19/h3-4,11,14-15,17,23H,2,5-10,12-13,16,29H2,1H3,(H,32,33)/t17-,23+/m0/s1. The number of aryl methyl sites for hydroxylation is 1. The number of anilines is 1. The van der Waals surface area contributed by atoms with Crippen LogP contribution in [0.15, 0.2) is 30.6 Å². The molecule has 1 aromatic carbocycles. The molecule has 2 saturated heterocycles. The molecule has 0 radical (unpaired) electrons. The minimum atomic E-state index is 0.0612. The third-order valence-electron chi connectivity index (χ3n) is 9.71. The van der Waals surface area contributed by atoms with Gasteiger partial charge in [-0.15, -0.1) is 0 Å². The van der Waals surface area contributed by atoms with Crippen molar-refractivity contribution in [1.82, 2.24) is 24.6 Å².